The Morgan fingerprint density at radius 1 is 1.47 bits per heavy atom. The van der Waals surface area contributed by atoms with E-state index in [2.05, 4.69) is 9.97 Å². The number of aromatic nitrogens is 3. The van der Waals surface area contributed by atoms with Crippen LogP contribution in [0, 0.1) is 24.0 Å². The standard InChI is InChI=1S/C11H10N4O4/c1-6-3-8(10(11(16)17)7(2)13-6)14-4-9(12-5-14)15(18)19/h3-5H,1-2H3,(H,16,17). The van der Waals surface area contributed by atoms with E-state index in [9.17, 15) is 20.0 Å². The molecule has 0 saturated heterocycles. The molecule has 2 aromatic rings. The summed E-state index contributed by atoms with van der Waals surface area (Å²) in [5.41, 5.74) is 1.27. The van der Waals surface area contributed by atoms with E-state index in [0.717, 1.165) is 0 Å². The minimum Gasteiger partial charge on any atom is -0.478 e. The van der Waals surface area contributed by atoms with Gasteiger partial charge in [0, 0.05) is 5.69 Å². The third kappa shape index (κ3) is 2.28. The van der Waals surface area contributed by atoms with Gasteiger partial charge in [-0.1, -0.05) is 0 Å². The molecular formula is C11H10N4O4. The molecule has 2 rings (SSSR count). The second-order valence-electron chi connectivity index (χ2n) is 3.94. The number of nitro groups is 1. The molecule has 0 atom stereocenters. The first-order chi connectivity index (χ1) is 8.90. The Morgan fingerprint density at radius 2 is 2.16 bits per heavy atom. The van der Waals surface area contributed by atoms with E-state index in [1.165, 1.54) is 17.1 Å². The summed E-state index contributed by atoms with van der Waals surface area (Å²) in [5, 5.41) is 19.8. The molecule has 8 nitrogen and oxygen atoms in total. The van der Waals surface area contributed by atoms with Gasteiger partial charge in [-0.3, -0.25) is 9.55 Å². The Morgan fingerprint density at radius 3 is 2.68 bits per heavy atom. The molecule has 0 aliphatic rings. The third-order valence-corrected chi connectivity index (χ3v) is 2.56. The molecule has 0 aliphatic carbocycles. The fraction of sp³-hybridized carbons (Fsp3) is 0.182. The molecule has 1 N–H and O–H groups in total. The van der Waals surface area contributed by atoms with E-state index < -0.39 is 10.9 Å². The lowest BCUT2D eigenvalue weighted by Gasteiger charge is -2.09. The number of hydrogen-bond donors (Lipinski definition) is 1. The van der Waals surface area contributed by atoms with Gasteiger partial charge in [0.1, 0.15) is 11.8 Å². The molecule has 98 valence electrons. The molecule has 0 aliphatic heterocycles. The highest BCUT2D eigenvalue weighted by Crippen LogP contribution is 2.20. The maximum Gasteiger partial charge on any atom is 0.381 e. The van der Waals surface area contributed by atoms with E-state index >= 15 is 0 Å². The summed E-state index contributed by atoms with van der Waals surface area (Å²) in [6, 6.07) is 1.54. The molecule has 0 aromatic carbocycles. The lowest BCUT2D eigenvalue weighted by Crippen LogP contribution is -2.09. The zero-order valence-electron chi connectivity index (χ0n) is 10.2. The topological polar surface area (TPSA) is 111 Å². The average molecular weight is 262 g/mol. The van der Waals surface area contributed by atoms with Crippen molar-refractivity contribution >= 4 is 11.8 Å². The van der Waals surface area contributed by atoms with Crippen molar-refractivity contribution in [3.63, 3.8) is 0 Å². The largest absolute Gasteiger partial charge is 0.478 e. The van der Waals surface area contributed by atoms with E-state index in [1.54, 1.807) is 19.9 Å². The first-order valence-electron chi connectivity index (χ1n) is 5.30. The molecule has 2 heterocycles. The summed E-state index contributed by atoms with van der Waals surface area (Å²) >= 11 is 0. The second-order valence-corrected chi connectivity index (χ2v) is 3.94. The number of rotatable bonds is 3. The van der Waals surface area contributed by atoms with Crippen LogP contribution in [0.2, 0.25) is 0 Å². The summed E-state index contributed by atoms with van der Waals surface area (Å²) in [7, 11) is 0. The molecule has 0 unspecified atom stereocenters. The Balaban J connectivity index is 2.66. The minimum atomic E-state index is -1.14. The van der Waals surface area contributed by atoms with Gasteiger partial charge in [0.25, 0.3) is 0 Å². The first-order valence-corrected chi connectivity index (χ1v) is 5.30. The van der Waals surface area contributed by atoms with Crippen molar-refractivity contribution in [2.75, 3.05) is 0 Å². The summed E-state index contributed by atoms with van der Waals surface area (Å²) < 4.78 is 1.31. The number of imidazole rings is 1. The van der Waals surface area contributed by atoms with Crippen molar-refractivity contribution in [3.8, 4) is 5.69 Å². The van der Waals surface area contributed by atoms with Crippen LogP contribution in [0.3, 0.4) is 0 Å². The number of carboxylic acid groups (broad SMARTS) is 1. The molecule has 0 bridgehead atoms. The Kier molecular flexibility index (Phi) is 2.99. The van der Waals surface area contributed by atoms with Crippen LogP contribution < -0.4 is 0 Å². The zero-order valence-corrected chi connectivity index (χ0v) is 10.2. The molecule has 0 saturated carbocycles. The van der Waals surface area contributed by atoms with Crippen molar-refractivity contribution in [1.29, 1.82) is 0 Å². The van der Waals surface area contributed by atoms with Crippen LogP contribution in [-0.2, 0) is 0 Å². The molecule has 0 radical (unpaired) electrons. The SMILES string of the molecule is Cc1cc(-n2cnc([N+](=O)[O-])c2)c(C(=O)O)c(C)n1. The highest BCUT2D eigenvalue weighted by atomic mass is 16.6. The highest BCUT2D eigenvalue weighted by molar-refractivity contribution is 5.93. The number of carboxylic acids is 1. The normalized spacial score (nSPS) is 10.4. The predicted octanol–water partition coefficient (Wildman–Crippen LogP) is 1.49. The van der Waals surface area contributed by atoms with Crippen LogP contribution in [-0.4, -0.2) is 30.5 Å². The zero-order chi connectivity index (χ0) is 14.2. The van der Waals surface area contributed by atoms with Gasteiger partial charge in [-0.05, 0) is 29.8 Å². The first kappa shape index (κ1) is 12.7. The number of pyridine rings is 1. The molecule has 8 heteroatoms. The number of carbonyl (C=O) groups is 1. The van der Waals surface area contributed by atoms with Gasteiger partial charge in [0.05, 0.1) is 11.4 Å². The molecule has 0 spiro atoms. The van der Waals surface area contributed by atoms with E-state index in [0.29, 0.717) is 17.1 Å². The van der Waals surface area contributed by atoms with Crippen molar-refractivity contribution in [3.05, 3.63) is 45.7 Å². The molecular weight excluding hydrogens is 252 g/mol. The van der Waals surface area contributed by atoms with Crippen LogP contribution in [0.15, 0.2) is 18.6 Å². The lowest BCUT2D eigenvalue weighted by atomic mass is 10.1. The highest BCUT2D eigenvalue weighted by Gasteiger charge is 2.19. The van der Waals surface area contributed by atoms with Crippen molar-refractivity contribution in [1.82, 2.24) is 14.5 Å². The summed E-state index contributed by atoms with van der Waals surface area (Å²) in [5.74, 6) is -1.49. The van der Waals surface area contributed by atoms with Gasteiger partial charge in [-0.25, -0.2) is 4.79 Å². The fourth-order valence-corrected chi connectivity index (χ4v) is 1.81. The molecule has 2 aromatic heterocycles. The Hall–Kier alpha value is -2.77. The maximum atomic E-state index is 11.3. The fourth-order valence-electron chi connectivity index (χ4n) is 1.81. The quantitative estimate of drug-likeness (QED) is 0.662. The number of nitrogens with zero attached hydrogens (tertiary/aromatic N) is 4. The maximum absolute atomic E-state index is 11.3. The van der Waals surface area contributed by atoms with Crippen molar-refractivity contribution < 1.29 is 14.8 Å². The van der Waals surface area contributed by atoms with Gasteiger partial charge in [0.15, 0.2) is 0 Å². The third-order valence-electron chi connectivity index (χ3n) is 2.56. The summed E-state index contributed by atoms with van der Waals surface area (Å²) in [6.45, 7) is 3.29. The summed E-state index contributed by atoms with van der Waals surface area (Å²) in [6.07, 6.45) is 2.37. The summed E-state index contributed by atoms with van der Waals surface area (Å²) in [4.78, 5) is 28.9. The average Bonchev–Trinajstić information content (AvgIpc) is 2.76. The number of hydrogen-bond acceptors (Lipinski definition) is 5. The molecule has 0 amide bonds. The van der Waals surface area contributed by atoms with Crippen LogP contribution >= 0.6 is 0 Å². The Bertz CT molecular complexity index is 677. The van der Waals surface area contributed by atoms with Crippen LogP contribution in [0.4, 0.5) is 5.82 Å². The van der Waals surface area contributed by atoms with Gasteiger partial charge >= 0.3 is 11.8 Å². The molecule has 19 heavy (non-hydrogen) atoms. The van der Waals surface area contributed by atoms with E-state index in [-0.39, 0.29) is 11.4 Å². The second kappa shape index (κ2) is 4.48. The van der Waals surface area contributed by atoms with E-state index in [1.807, 2.05) is 0 Å². The number of aromatic carboxylic acids is 1. The lowest BCUT2D eigenvalue weighted by molar-refractivity contribution is -0.389. The van der Waals surface area contributed by atoms with Crippen LogP contribution in [0.25, 0.3) is 5.69 Å². The van der Waals surface area contributed by atoms with E-state index in [4.69, 9.17) is 0 Å². The number of aryl methyl sites for hydroxylation is 2. The predicted molar refractivity (Wildman–Crippen MR) is 64.4 cm³/mol. The van der Waals surface area contributed by atoms with Crippen LogP contribution in [0.1, 0.15) is 21.7 Å². The Labute approximate surface area is 107 Å². The minimum absolute atomic E-state index is 0.00195. The van der Waals surface area contributed by atoms with Gasteiger partial charge in [-0.15, -0.1) is 0 Å². The van der Waals surface area contributed by atoms with Gasteiger partial charge < -0.3 is 15.2 Å². The van der Waals surface area contributed by atoms with Crippen molar-refractivity contribution in [2.24, 2.45) is 0 Å². The smallest absolute Gasteiger partial charge is 0.381 e. The van der Waals surface area contributed by atoms with Gasteiger partial charge in [0.2, 0.25) is 6.33 Å². The molecule has 0 fully saturated rings. The van der Waals surface area contributed by atoms with Gasteiger partial charge in [-0.2, -0.15) is 0 Å². The van der Waals surface area contributed by atoms with Crippen LogP contribution in [0.5, 0.6) is 0 Å². The van der Waals surface area contributed by atoms with Crippen molar-refractivity contribution in [2.45, 2.75) is 13.8 Å². The monoisotopic (exact) mass is 262 g/mol.